The number of carboxylic acid groups (broad SMARTS) is 1. The van der Waals surface area contributed by atoms with Crippen molar-refractivity contribution >= 4 is 11.9 Å². The molecule has 1 N–H and O–H groups in total. The number of hydrogen-bond donors (Lipinski definition) is 1. The Labute approximate surface area is 133 Å². The molecule has 126 valence electrons. The molecule has 2 unspecified atom stereocenters. The Morgan fingerprint density at radius 2 is 1.91 bits per heavy atom. The van der Waals surface area contributed by atoms with E-state index in [1.165, 1.54) is 0 Å². The van der Waals surface area contributed by atoms with E-state index in [4.69, 9.17) is 9.84 Å². The summed E-state index contributed by atoms with van der Waals surface area (Å²) in [5.74, 6) is -0.110. The van der Waals surface area contributed by atoms with E-state index in [0.717, 1.165) is 25.7 Å². The minimum Gasteiger partial charge on any atom is -0.481 e. The van der Waals surface area contributed by atoms with Crippen LogP contribution in [0.15, 0.2) is 0 Å². The zero-order valence-electron chi connectivity index (χ0n) is 14.0. The molecule has 1 amide bonds. The van der Waals surface area contributed by atoms with Gasteiger partial charge in [-0.1, -0.05) is 13.8 Å². The third-order valence-corrected chi connectivity index (χ3v) is 5.12. The molecule has 0 radical (unpaired) electrons. The summed E-state index contributed by atoms with van der Waals surface area (Å²) < 4.78 is 5.69. The fourth-order valence-corrected chi connectivity index (χ4v) is 3.69. The van der Waals surface area contributed by atoms with Gasteiger partial charge in [-0.05, 0) is 43.9 Å². The normalized spacial score (nSPS) is 24.5. The third-order valence-electron chi connectivity index (χ3n) is 5.12. The van der Waals surface area contributed by atoms with Crippen molar-refractivity contribution in [3.05, 3.63) is 0 Å². The van der Waals surface area contributed by atoms with Crippen LogP contribution in [0.1, 0.15) is 52.9 Å². The van der Waals surface area contributed by atoms with E-state index in [0.29, 0.717) is 32.0 Å². The maximum atomic E-state index is 12.2. The van der Waals surface area contributed by atoms with Gasteiger partial charge in [-0.3, -0.25) is 9.59 Å². The highest BCUT2D eigenvalue weighted by atomic mass is 16.5. The molecule has 5 nitrogen and oxygen atoms in total. The van der Waals surface area contributed by atoms with Crippen molar-refractivity contribution in [1.29, 1.82) is 0 Å². The van der Waals surface area contributed by atoms with Gasteiger partial charge in [0.1, 0.15) is 0 Å². The van der Waals surface area contributed by atoms with Crippen LogP contribution in [-0.4, -0.2) is 47.7 Å². The van der Waals surface area contributed by atoms with E-state index < -0.39 is 5.97 Å². The molecule has 2 fully saturated rings. The molecule has 0 aromatic carbocycles. The monoisotopic (exact) mass is 311 g/mol. The molecule has 1 spiro atoms. The summed E-state index contributed by atoms with van der Waals surface area (Å²) in [6.07, 6.45) is 4.09. The quantitative estimate of drug-likeness (QED) is 0.784. The van der Waals surface area contributed by atoms with E-state index in [-0.39, 0.29) is 23.3 Å². The van der Waals surface area contributed by atoms with Crippen molar-refractivity contribution in [3.8, 4) is 0 Å². The van der Waals surface area contributed by atoms with Gasteiger partial charge in [0.2, 0.25) is 5.91 Å². The van der Waals surface area contributed by atoms with Crippen molar-refractivity contribution < 1.29 is 19.4 Å². The molecule has 2 aliphatic rings. The van der Waals surface area contributed by atoms with E-state index in [2.05, 4.69) is 13.8 Å². The van der Waals surface area contributed by atoms with Crippen molar-refractivity contribution in [2.45, 2.75) is 59.0 Å². The number of piperidine rings is 1. The number of nitrogens with zero attached hydrogens (tertiary/aromatic N) is 1. The molecule has 0 aromatic heterocycles. The second-order valence-electron chi connectivity index (χ2n) is 7.40. The van der Waals surface area contributed by atoms with Crippen LogP contribution in [0.25, 0.3) is 0 Å². The van der Waals surface area contributed by atoms with E-state index in [9.17, 15) is 9.59 Å². The minimum atomic E-state index is -0.674. The highest BCUT2D eigenvalue weighted by molar-refractivity contribution is 5.77. The first kappa shape index (κ1) is 17.3. The van der Waals surface area contributed by atoms with Crippen LogP contribution in [0.4, 0.5) is 0 Å². The lowest BCUT2D eigenvalue weighted by Gasteiger charge is -2.32. The maximum absolute atomic E-state index is 12.2. The Morgan fingerprint density at radius 1 is 1.27 bits per heavy atom. The van der Waals surface area contributed by atoms with Gasteiger partial charge in [0.05, 0.1) is 25.0 Å². The van der Waals surface area contributed by atoms with Gasteiger partial charge in [-0.15, -0.1) is 0 Å². The highest BCUT2D eigenvalue weighted by Gasteiger charge is 2.59. The number of ether oxygens (including phenoxy) is 1. The van der Waals surface area contributed by atoms with Crippen molar-refractivity contribution in [2.24, 2.45) is 17.3 Å². The largest absolute Gasteiger partial charge is 0.481 e. The van der Waals surface area contributed by atoms with Gasteiger partial charge in [-0.25, -0.2) is 0 Å². The summed E-state index contributed by atoms with van der Waals surface area (Å²) in [5.41, 5.74) is -0.00904. The SMILES string of the molecule is CC(C)CC(C)OCCC(=O)N1CCC2(CC1)CC2C(=O)O. The molecule has 2 atom stereocenters. The standard InChI is InChI=1S/C17H29NO4/c1-12(2)10-13(3)22-9-4-15(19)18-7-5-17(6-8-18)11-14(17)16(20)21/h12-14H,4-11H2,1-3H3,(H,20,21). The average Bonchev–Trinajstić information content (AvgIpc) is 3.12. The topological polar surface area (TPSA) is 66.8 Å². The molecule has 2 rings (SSSR count). The zero-order chi connectivity index (χ0) is 16.3. The first-order chi connectivity index (χ1) is 10.3. The number of hydrogen-bond acceptors (Lipinski definition) is 3. The first-order valence-electron chi connectivity index (χ1n) is 8.46. The van der Waals surface area contributed by atoms with E-state index >= 15 is 0 Å². The fourth-order valence-electron chi connectivity index (χ4n) is 3.69. The molecular formula is C17H29NO4. The van der Waals surface area contributed by atoms with Crippen LogP contribution in [0.5, 0.6) is 0 Å². The number of aliphatic carboxylic acids is 1. The van der Waals surface area contributed by atoms with Gasteiger partial charge in [0, 0.05) is 13.1 Å². The van der Waals surface area contributed by atoms with Crippen molar-refractivity contribution in [3.63, 3.8) is 0 Å². The minimum absolute atomic E-state index is 0.00904. The summed E-state index contributed by atoms with van der Waals surface area (Å²) in [4.78, 5) is 25.1. The third kappa shape index (κ3) is 4.22. The number of carbonyl (C=O) groups excluding carboxylic acids is 1. The van der Waals surface area contributed by atoms with Gasteiger partial charge in [0.25, 0.3) is 0 Å². The van der Waals surface area contributed by atoms with Crippen LogP contribution in [0.2, 0.25) is 0 Å². The van der Waals surface area contributed by atoms with Gasteiger partial charge >= 0.3 is 5.97 Å². The average molecular weight is 311 g/mol. The molecule has 0 bridgehead atoms. The molecule has 1 saturated carbocycles. The Morgan fingerprint density at radius 3 is 2.41 bits per heavy atom. The van der Waals surface area contributed by atoms with Crippen LogP contribution in [0, 0.1) is 17.3 Å². The number of likely N-dealkylation sites (tertiary alicyclic amines) is 1. The van der Waals surface area contributed by atoms with Gasteiger partial charge in [-0.2, -0.15) is 0 Å². The summed E-state index contributed by atoms with van der Waals surface area (Å²) in [6.45, 7) is 8.25. The lowest BCUT2D eigenvalue weighted by atomic mass is 9.90. The lowest BCUT2D eigenvalue weighted by molar-refractivity contribution is -0.140. The predicted octanol–water partition coefficient (Wildman–Crippen LogP) is 2.54. The Hall–Kier alpha value is -1.10. The Balaban J connectivity index is 1.65. The molecule has 1 aliphatic carbocycles. The predicted molar refractivity (Wildman–Crippen MR) is 83.5 cm³/mol. The van der Waals surface area contributed by atoms with Crippen LogP contribution >= 0.6 is 0 Å². The first-order valence-corrected chi connectivity index (χ1v) is 8.46. The summed E-state index contributed by atoms with van der Waals surface area (Å²) >= 11 is 0. The molecule has 0 aromatic rings. The second-order valence-corrected chi connectivity index (χ2v) is 7.40. The Bertz CT molecular complexity index is 413. The number of carboxylic acids is 1. The molecule has 1 aliphatic heterocycles. The lowest BCUT2D eigenvalue weighted by Crippen LogP contribution is -2.40. The van der Waals surface area contributed by atoms with E-state index in [1.54, 1.807) is 0 Å². The second kappa shape index (κ2) is 6.99. The van der Waals surface area contributed by atoms with Crippen molar-refractivity contribution in [1.82, 2.24) is 4.90 Å². The number of amides is 1. The summed E-state index contributed by atoms with van der Waals surface area (Å²) in [7, 11) is 0. The molecular weight excluding hydrogens is 282 g/mol. The van der Waals surface area contributed by atoms with Gasteiger partial charge in [0.15, 0.2) is 0 Å². The fraction of sp³-hybridized carbons (Fsp3) is 0.882. The van der Waals surface area contributed by atoms with Gasteiger partial charge < -0.3 is 14.7 Å². The number of carbonyl (C=O) groups is 2. The maximum Gasteiger partial charge on any atom is 0.307 e. The molecule has 22 heavy (non-hydrogen) atoms. The molecule has 1 heterocycles. The van der Waals surface area contributed by atoms with Crippen molar-refractivity contribution in [2.75, 3.05) is 19.7 Å². The smallest absolute Gasteiger partial charge is 0.307 e. The summed E-state index contributed by atoms with van der Waals surface area (Å²) in [5, 5.41) is 9.08. The number of rotatable bonds is 7. The molecule has 1 saturated heterocycles. The summed E-state index contributed by atoms with van der Waals surface area (Å²) in [6, 6.07) is 0. The molecule has 5 heteroatoms. The highest BCUT2D eigenvalue weighted by Crippen LogP contribution is 2.59. The van der Waals surface area contributed by atoms with Crippen LogP contribution in [-0.2, 0) is 14.3 Å². The van der Waals surface area contributed by atoms with Crippen LogP contribution < -0.4 is 0 Å². The van der Waals surface area contributed by atoms with E-state index in [1.807, 2.05) is 11.8 Å². The zero-order valence-corrected chi connectivity index (χ0v) is 14.0. The Kier molecular flexibility index (Phi) is 5.48. The van der Waals surface area contributed by atoms with Crippen LogP contribution in [0.3, 0.4) is 0 Å².